The number of carbonyl (C=O) groups is 1. The van der Waals surface area contributed by atoms with Crippen molar-refractivity contribution in [3.8, 4) is 28.4 Å². The molecule has 2 atom stereocenters. The number of piperidine rings is 1. The molecule has 8 nitrogen and oxygen atoms in total. The predicted octanol–water partition coefficient (Wildman–Crippen LogP) is 3.41. The largest absolute Gasteiger partial charge is 0.497 e. The molecule has 8 heteroatoms. The fourth-order valence-corrected chi connectivity index (χ4v) is 4.31. The molecule has 1 aromatic heterocycles. The molecule has 5 rings (SSSR count). The second-order valence-corrected chi connectivity index (χ2v) is 8.46. The van der Waals surface area contributed by atoms with Crippen molar-refractivity contribution in [2.45, 2.75) is 25.4 Å². The summed E-state index contributed by atoms with van der Waals surface area (Å²) in [7, 11) is 1.63. The average Bonchev–Trinajstić information content (AvgIpc) is 3.40. The first-order valence-electron chi connectivity index (χ1n) is 11.3. The van der Waals surface area contributed by atoms with Crippen molar-refractivity contribution in [3.63, 3.8) is 0 Å². The van der Waals surface area contributed by atoms with Gasteiger partial charge in [-0.25, -0.2) is 0 Å². The maximum atomic E-state index is 13.2. The number of aromatic amines is 1. The van der Waals surface area contributed by atoms with Crippen molar-refractivity contribution in [1.29, 1.82) is 0 Å². The molecule has 2 aliphatic rings. The number of nitrogens with zero attached hydrogens (tertiary/aromatic N) is 1. The topological polar surface area (TPSA) is 97.5 Å². The van der Waals surface area contributed by atoms with Gasteiger partial charge in [-0.15, -0.1) is 0 Å². The molecule has 0 aliphatic carbocycles. The number of amides is 1. The Bertz CT molecular complexity index is 1110. The molecule has 3 aromatic rings. The first-order valence-corrected chi connectivity index (χ1v) is 11.3. The summed E-state index contributed by atoms with van der Waals surface area (Å²) in [4.78, 5) is 13.2. The van der Waals surface area contributed by atoms with Crippen LogP contribution in [0, 0.1) is 5.92 Å². The van der Waals surface area contributed by atoms with E-state index in [0.717, 1.165) is 54.1 Å². The molecule has 172 valence electrons. The summed E-state index contributed by atoms with van der Waals surface area (Å²) in [6, 6.07) is 11.5. The van der Waals surface area contributed by atoms with E-state index in [1.165, 1.54) is 0 Å². The Hall–Kier alpha value is -3.52. The number of carbonyl (C=O) groups excluding carboxylic acids is 1. The summed E-state index contributed by atoms with van der Waals surface area (Å²) in [6.45, 7) is 2.13. The number of anilines is 1. The Morgan fingerprint density at radius 1 is 1.21 bits per heavy atom. The second-order valence-electron chi connectivity index (χ2n) is 8.46. The third-order valence-corrected chi connectivity index (χ3v) is 6.16. The summed E-state index contributed by atoms with van der Waals surface area (Å²) in [5.74, 6) is 1.83. The molecule has 1 saturated heterocycles. The van der Waals surface area contributed by atoms with Crippen LogP contribution in [0.15, 0.2) is 48.8 Å². The number of hydrogen-bond donors (Lipinski definition) is 3. The molecule has 0 radical (unpaired) electrons. The standard InChI is InChI=1S/C25H28N4O4/c1-31-20-5-7-23-17(10-20)9-18(15-32-23)25(30)29-22-6-4-16(19-12-27-28-13-19)11-24(22)33-21-3-2-8-26-14-21/h4-7,10-13,18,21,26H,2-3,8-9,14-15H2,1H3,(H,27,28)(H,29,30)/t18-,21-/m0/s1. The van der Waals surface area contributed by atoms with Gasteiger partial charge >= 0.3 is 0 Å². The maximum absolute atomic E-state index is 13.2. The fourth-order valence-electron chi connectivity index (χ4n) is 4.31. The van der Waals surface area contributed by atoms with E-state index in [9.17, 15) is 4.79 Å². The van der Waals surface area contributed by atoms with E-state index < -0.39 is 0 Å². The molecule has 2 aromatic carbocycles. The van der Waals surface area contributed by atoms with Crippen LogP contribution in [-0.4, -0.2) is 49.0 Å². The van der Waals surface area contributed by atoms with Gasteiger partial charge in [0.25, 0.3) is 0 Å². The summed E-state index contributed by atoms with van der Waals surface area (Å²) < 4.78 is 17.5. The normalized spacial score (nSPS) is 19.8. The molecule has 33 heavy (non-hydrogen) atoms. The van der Waals surface area contributed by atoms with Crippen molar-refractivity contribution in [2.75, 3.05) is 32.1 Å². The number of hydrogen-bond acceptors (Lipinski definition) is 6. The molecule has 3 N–H and O–H groups in total. The number of methoxy groups -OCH3 is 1. The quantitative estimate of drug-likeness (QED) is 0.535. The highest BCUT2D eigenvalue weighted by molar-refractivity contribution is 5.95. The summed E-state index contributed by atoms with van der Waals surface area (Å²) >= 11 is 0. The zero-order valence-electron chi connectivity index (χ0n) is 18.6. The minimum atomic E-state index is -0.303. The van der Waals surface area contributed by atoms with Gasteiger partial charge in [-0.2, -0.15) is 5.10 Å². The fraction of sp³-hybridized carbons (Fsp3) is 0.360. The van der Waals surface area contributed by atoms with Crippen molar-refractivity contribution in [1.82, 2.24) is 15.5 Å². The van der Waals surface area contributed by atoms with Crippen molar-refractivity contribution < 1.29 is 19.0 Å². The predicted molar refractivity (Wildman–Crippen MR) is 125 cm³/mol. The van der Waals surface area contributed by atoms with Crippen LogP contribution in [-0.2, 0) is 11.2 Å². The lowest BCUT2D eigenvalue weighted by molar-refractivity contribution is -0.121. The lowest BCUT2D eigenvalue weighted by Crippen LogP contribution is -2.37. The summed E-state index contributed by atoms with van der Waals surface area (Å²) in [5, 5.41) is 13.3. The highest BCUT2D eigenvalue weighted by atomic mass is 16.5. The highest BCUT2D eigenvalue weighted by Gasteiger charge is 2.27. The van der Waals surface area contributed by atoms with Gasteiger partial charge < -0.3 is 24.8 Å². The first-order chi connectivity index (χ1) is 16.2. The third kappa shape index (κ3) is 4.80. The highest BCUT2D eigenvalue weighted by Crippen LogP contribution is 2.34. The van der Waals surface area contributed by atoms with Gasteiger partial charge in [-0.1, -0.05) is 6.07 Å². The van der Waals surface area contributed by atoms with Crippen LogP contribution in [0.3, 0.4) is 0 Å². The monoisotopic (exact) mass is 448 g/mol. The number of nitrogens with one attached hydrogen (secondary N) is 3. The average molecular weight is 449 g/mol. The third-order valence-electron chi connectivity index (χ3n) is 6.16. The Kier molecular flexibility index (Phi) is 6.17. The number of benzene rings is 2. The van der Waals surface area contributed by atoms with Crippen LogP contribution in [0.1, 0.15) is 18.4 Å². The lowest BCUT2D eigenvalue weighted by Gasteiger charge is -2.27. The summed E-state index contributed by atoms with van der Waals surface area (Å²) in [5.41, 5.74) is 3.57. The van der Waals surface area contributed by atoms with Gasteiger partial charge in [-0.05, 0) is 67.3 Å². The lowest BCUT2D eigenvalue weighted by atomic mass is 9.95. The van der Waals surface area contributed by atoms with Crippen molar-refractivity contribution in [3.05, 3.63) is 54.4 Å². The SMILES string of the molecule is COc1ccc2c(c1)C[C@H](C(=O)Nc1ccc(-c3cn[nH]c3)cc1O[C@H]1CCCNC1)CO2. The Morgan fingerprint density at radius 2 is 2.15 bits per heavy atom. The van der Waals surface area contributed by atoms with E-state index in [0.29, 0.717) is 24.5 Å². The van der Waals surface area contributed by atoms with Crippen LogP contribution in [0.5, 0.6) is 17.2 Å². The van der Waals surface area contributed by atoms with Crippen molar-refractivity contribution >= 4 is 11.6 Å². The second kappa shape index (κ2) is 9.54. The van der Waals surface area contributed by atoms with E-state index >= 15 is 0 Å². The molecule has 2 aliphatic heterocycles. The van der Waals surface area contributed by atoms with E-state index in [-0.39, 0.29) is 17.9 Å². The van der Waals surface area contributed by atoms with E-state index in [1.54, 1.807) is 13.3 Å². The first kappa shape index (κ1) is 21.3. The van der Waals surface area contributed by atoms with Crippen molar-refractivity contribution in [2.24, 2.45) is 5.92 Å². The van der Waals surface area contributed by atoms with E-state index in [1.807, 2.05) is 42.6 Å². The zero-order chi connectivity index (χ0) is 22.6. The molecule has 3 heterocycles. The molecule has 0 spiro atoms. The number of aromatic nitrogens is 2. The molecule has 0 unspecified atom stereocenters. The van der Waals surface area contributed by atoms with Gasteiger partial charge in [-0.3, -0.25) is 9.89 Å². The Labute approximate surface area is 192 Å². The van der Waals surface area contributed by atoms with E-state index in [4.69, 9.17) is 14.2 Å². The van der Waals surface area contributed by atoms with Gasteiger partial charge in [0.2, 0.25) is 5.91 Å². The van der Waals surface area contributed by atoms with Crippen LogP contribution >= 0.6 is 0 Å². The molecular formula is C25H28N4O4. The minimum absolute atomic E-state index is 0.0614. The molecule has 1 fully saturated rings. The summed E-state index contributed by atoms with van der Waals surface area (Å²) in [6.07, 6.45) is 6.30. The molecule has 0 saturated carbocycles. The van der Waals surface area contributed by atoms with Gasteiger partial charge in [0.1, 0.15) is 30.0 Å². The number of fused-ring (bicyclic) bond motifs is 1. The Balaban J connectivity index is 1.35. The molecular weight excluding hydrogens is 420 g/mol. The molecule has 0 bridgehead atoms. The van der Waals surface area contributed by atoms with Crippen LogP contribution in [0.4, 0.5) is 5.69 Å². The zero-order valence-corrected chi connectivity index (χ0v) is 18.6. The van der Waals surface area contributed by atoms with Crippen LogP contribution in [0.2, 0.25) is 0 Å². The van der Waals surface area contributed by atoms with Crippen LogP contribution in [0.25, 0.3) is 11.1 Å². The van der Waals surface area contributed by atoms with E-state index in [2.05, 4.69) is 20.8 Å². The minimum Gasteiger partial charge on any atom is -0.497 e. The maximum Gasteiger partial charge on any atom is 0.231 e. The number of rotatable bonds is 6. The number of H-pyrrole nitrogens is 1. The van der Waals surface area contributed by atoms with Gasteiger partial charge in [0.15, 0.2) is 0 Å². The Morgan fingerprint density at radius 3 is 2.94 bits per heavy atom. The number of ether oxygens (including phenoxy) is 3. The van der Waals surface area contributed by atoms with Gasteiger partial charge in [0, 0.05) is 18.3 Å². The van der Waals surface area contributed by atoms with Crippen LogP contribution < -0.4 is 24.8 Å². The van der Waals surface area contributed by atoms with Gasteiger partial charge in [0.05, 0.1) is 24.9 Å². The smallest absolute Gasteiger partial charge is 0.231 e. The molecule has 1 amide bonds.